The summed E-state index contributed by atoms with van der Waals surface area (Å²) in [5.74, 6) is -0.657. The van der Waals surface area contributed by atoms with Crippen molar-refractivity contribution in [2.75, 3.05) is 5.32 Å². The van der Waals surface area contributed by atoms with Crippen molar-refractivity contribution >= 4 is 39.5 Å². The second-order valence-electron chi connectivity index (χ2n) is 5.84. The molecule has 136 valence electrons. The zero-order valence-corrected chi connectivity index (χ0v) is 15.8. The van der Waals surface area contributed by atoms with Crippen LogP contribution >= 0.6 is 22.9 Å². The standard InChI is InChI=1S/C20H11ClN4O2S/c21-14-7-6-13(9-22)16(8-14)24-18(26)15-10-23-20-25(19(15)27)17(11-28-20)12-4-2-1-3-5-12/h1-8,10-11H,(H,24,26). The summed E-state index contributed by atoms with van der Waals surface area (Å²) < 4.78 is 1.41. The summed E-state index contributed by atoms with van der Waals surface area (Å²) in [5, 5.41) is 14.0. The highest BCUT2D eigenvalue weighted by molar-refractivity contribution is 7.15. The van der Waals surface area contributed by atoms with Crippen LogP contribution in [0.3, 0.4) is 0 Å². The molecule has 28 heavy (non-hydrogen) atoms. The van der Waals surface area contributed by atoms with Crippen LogP contribution in [0.5, 0.6) is 0 Å². The number of aromatic nitrogens is 2. The number of carbonyl (C=O) groups excluding carboxylic acids is 1. The molecule has 0 fully saturated rings. The average Bonchev–Trinajstić information content (AvgIpc) is 3.14. The highest BCUT2D eigenvalue weighted by Gasteiger charge is 2.18. The predicted molar refractivity (Wildman–Crippen MR) is 109 cm³/mol. The number of hydrogen-bond donors (Lipinski definition) is 1. The van der Waals surface area contributed by atoms with Crippen molar-refractivity contribution in [3.63, 3.8) is 0 Å². The molecule has 0 aliphatic rings. The molecule has 2 aromatic heterocycles. The Morgan fingerprint density at radius 3 is 2.75 bits per heavy atom. The van der Waals surface area contributed by atoms with Gasteiger partial charge in [0.25, 0.3) is 11.5 Å². The van der Waals surface area contributed by atoms with Gasteiger partial charge < -0.3 is 5.32 Å². The fourth-order valence-corrected chi connectivity index (χ4v) is 3.80. The number of nitriles is 1. The van der Waals surface area contributed by atoms with Gasteiger partial charge in [0.05, 0.1) is 16.9 Å². The highest BCUT2D eigenvalue weighted by Crippen LogP contribution is 2.24. The van der Waals surface area contributed by atoms with Gasteiger partial charge in [-0.3, -0.25) is 14.0 Å². The van der Waals surface area contributed by atoms with Crippen LogP contribution in [0.25, 0.3) is 16.2 Å². The topological polar surface area (TPSA) is 87.3 Å². The average molecular weight is 407 g/mol. The molecule has 0 aliphatic carbocycles. The predicted octanol–water partition coefficient (Wildman–Crippen LogP) is 4.20. The molecular weight excluding hydrogens is 396 g/mol. The number of halogens is 1. The fraction of sp³-hybridized carbons (Fsp3) is 0. The molecule has 0 bridgehead atoms. The first-order valence-corrected chi connectivity index (χ1v) is 9.40. The third-order valence-corrected chi connectivity index (χ3v) is 5.19. The van der Waals surface area contributed by atoms with Gasteiger partial charge in [-0.1, -0.05) is 41.9 Å². The molecule has 4 rings (SSSR count). The van der Waals surface area contributed by atoms with E-state index in [2.05, 4.69) is 10.3 Å². The summed E-state index contributed by atoms with van der Waals surface area (Å²) in [6.07, 6.45) is 1.24. The summed E-state index contributed by atoms with van der Waals surface area (Å²) in [5.41, 5.74) is 1.37. The first kappa shape index (κ1) is 17.9. The van der Waals surface area contributed by atoms with E-state index in [0.29, 0.717) is 15.7 Å². The van der Waals surface area contributed by atoms with Crippen LogP contribution in [0.15, 0.2) is 64.9 Å². The van der Waals surface area contributed by atoms with E-state index in [4.69, 9.17) is 11.6 Å². The van der Waals surface area contributed by atoms with Crippen LogP contribution in [-0.2, 0) is 0 Å². The van der Waals surface area contributed by atoms with Crippen LogP contribution in [-0.4, -0.2) is 15.3 Å². The Balaban J connectivity index is 1.79. The van der Waals surface area contributed by atoms with Crippen molar-refractivity contribution in [3.05, 3.63) is 86.6 Å². The Morgan fingerprint density at radius 1 is 1.21 bits per heavy atom. The number of anilines is 1. The molecule has 4 aromatic rings. The van der Waals surface area contributed by atoms with Gasteiger partial charge in [-0.05, 0) is 23.8 Å². The van der Waals surface area contributed by atoms with E-state index in [1.54, 1.807) is 6.07 Å². The zero-order chi connectivity index (χ0) is 19.7. The number of benzene rings is 2. The maximum Gasteiger partial charge on any atom is 0.271 e. The monoisotopic (exact) mass is 406 g/mol. The summed E-state index contributed by atoms with van der Waals surface area (Å²) in [4.78, 5) is 30.5. The minimum absolute atomic E-state index is 0.128. The zero-order valence-electron chi connectivity index (χ0n) is 14.2. The Kier molecular flexibility index (Phi) is 4.65. The maximum absolute atomic E-state index is 13.0. The SMILES string of the molecule is N#Cc1ccc(Cl)cc1NC(=O)c1cnc2scc(-c3ccccc3)n2c1=O. The molecule has 0 spiro atoms. The minimum atomic E-state index is -0.657. The van der Waals surface area contributed by atoms with E-state index >= 15 is 0 Å². The summed E-state index contributed by atoms with van der Waals surface area (Å²) in [7, 11) is 0. The van der Waals surface area contributed by atoms with Crippen LogP contribution in [0.4, 0.5) is 5.69 Å². The highest BCUT2D eigenvalue weighted by atomic mass is 35.5. The largest absolute Gasteiger partial charge is 0.320 e. The van der Waals surface area contributed by atoms with E-state index in [-0.39, 0.29) is 16.8 Å². The molecule has 2 heterocycles. The number of carbonyl (C=O) groups is 1. The van der Waals surface area contributed by atoms with Crippen molar-refractivity contribution in [3.8, 4) is 17.3 Å². The molecule has 0 saturated carbocycles. The normalized spacial score (nSPS) is 10.6. The summed E-state index contributed by atoms with van der Waals surface area (Å²) >= 11 is 7.26. The summed E-state index contributed by atoms with van der Waals surface area (Å²) in [6, 6.07) is 15.9. The molecule has 1 N–H and O–H groups in total. The van der Waals surface area contributed by atoms with E-state index in [1.165, 1.54) is 34.1 Å². The Bertz CT molecular complexity index is 1310. The quantitative estimate of drug-likeness (QED) is 0.552. The molecule has 0 radical (unpaired) electrons. The number of nitrogens with one attached hydrogen (secondary N) is 1. The third-order valence-electron chi connectivity index (χ3n) is 4.11. The Hall–Kier alpha value is -3.47. The second-order valence-corrected chi connectivity index (χ2v) is 7.11. The van der Waals surface area contributed by atoms with Gasteiger partial charge in [0.1, 0.15) is 11.6 Å². The minimum Gasteiger partial charge on any atom is -0.320 e. The molecule has 0 atom stereocenters. The lowest BCUT2D eigenvalue weighted by Gasteiger charge is -2.08. The van der Waals surface area contributed by atoms with E-state index < -0.39 is 11.5 Å². The molecule has 0 aliphatic heterocycles. The molecule has 8 heteroatoms. The maximum atomic E-state index is 13.0. The molecule has 2 aromatic carbocycles. The van der Waals surface area contributed by atoms with Crippen molar-refractivity contribution < 1.29 is 4.79 Å². The lowest BCUT2D eigenvalue weighted by molar-refractivity contribution is 0.102. The number of amides is 1. The van der Waals surface area contributed by atoms with Crippen LogP contribution in [0.1, 0.15) is 15.9 Å². The third kappa shape index (κ3) is 3.16. The van der Waals surface area contributed by atoms with Crippen molar-refractivity contribution in [2.45, 2.75) is 0 Å². The molecular formula is C20H11ClN4O2S. The van der Waals surface area contributed by atoms with Crippen molar-refractivity contribution in [1.82, 2.24) is 9.38 Å². The number of hydrogen-bond acceptors (Lipinski definition) is 5. The van der Waals surface area contributed by atoms with Gasteiger partial charge >= 0.3 is 0 Å². The van der Waals surface area contributed by atoms with Gasteiger partial charge in [-0.15, -0.1) is 11.3 Å². The Labute approximate surface area is 168 Å². The lowest BCUT2D eigenvalue weighted by atomic mass is 10.1. The number of thiazole rings is 1. The number of rotatable bonds is 3. The molecule has 0 saturated heterocycles. The van der Waals surface area contributed by atoms with Gasteiger partial charge in [-0.25, -0.2) is 4.98 Å². The Morgan fingerprint density at radius 2 is 2.00 bits per heavy atom. The van der Waals surface area contributed by atoms with Gasteiger partial charge in [0, 0.05) is 16.6 Å². The van der Waals surface area contributed by atoms with E-state index in [0.717, 1.165) is 5.56 Å². The van der Waals surface area contributed by atoms with Gasteiger partial charge in [0.2, 0.25) is 0 Å². The second kappa shape index (κ2) is 7.27. The smallest absolute Gasteiger partial charge is 0.271 e. The first-order valence-electron chi connectivity index (χ1n) is 8.14. The fourth-order valence-electron chi connectivity index (χ4n) is 2.77. The van der Waals surface area contributed by atoms with Crippen LogP contribution in [0, 0.1) is 11.3 Å². The first-order chi connectivity index (χ1) is 13.6. The van der Waals surface area contributed by atoms with Crippen molar-refractivity contribution in [1.29, 1.82) is 5.26 Å². The van der Waals surface area contributed by atoms with Crippen LogP contribution < -0.4 is 10.9 Å². The molecule has 0 unspecified atom stereocenters. The summed E-state index contributed by atoms with van der Waals surface area (Å²) in [6.45, 7) is 0. The number of nitrogens with zero attached hydrogens (tertiary/aromatic N) is 3. The van der Waals surface area contributed by atoms with E-state index in [9.17, 15) is 14.9 Å². The van der Waals surface area contributed by atoms with Crippen molar-refractivity contribution in [2.24, 2.45) is 0 Å². The molecule has 1 amide bonds. The van der Waals surface area contributed by atoms with Gasteiger partial charge in [-0.2, -0.15) is 5.26 Å². The van der Waals surface area contributed by atoms with Gasteiger partial charge in [0.15, 0.2) is 4.96 Å². The van der Waals surface area contributed by atoms with E-state index in [1.807, 2.05) is 41.8 Å². The van der Waals surface area contributed by atoms with Crippen LogP contribution in [0.2, 0.25) is 5.02 Å². The molecule has 6 nitrogen and oxygen atoms in total. The lowest BCUT2D eigenvalue weighted by Crippen LogP contribution is -2.26. The number of fused-ring (bicyclic) bond motifs is 1.